The fourth-order valence-corrected chi connectivity index (χ4v) is 4.63. The minimum atomic E-state index is 0.384. The van der Waals surface area contributed by atoms with E-state index in [1.54, 1.807) is 7.11 Å². The van der Waals surface area contributed by atoms with E-state index in [-0.39, 0.29) is 0 Å². The number of nitrogens with one attached hydrogen (secondary N) is 2. The van der Waals surface area contributed by atoms with Crippen LogP contribution in [0.15, 0.2) is 54.6 Å². The molecule has 132 valence electrons. The predicted octanol–water partition coefficient (Wildman–Crippen LogP) is 4.06. The molecule has 0 amide bonds. The van der Waals surface area contributed by atoms with Crippen molar-refractivity contribution < 1.29 is 4.74 Å². The van der Waals surface area contributed by atoms with Gasteiger partial charge in [0.05, 0.1) is 7.11 Å². The summed E-state index contributed by atoms with van der Waals surface area (Å²) in [5.74, 6) is 1.78. The molecule has 2 aliphatic rings. The molecule has 4 atom stereocenters. The summed E-state index contributed by atoms with van der Waals surface area (Å²) in [6, 6.07) is 20.7. The molecular weight excluding hydrogens is 308 g/mol. The van der Waals surface area contributed by atoms with Gasteiger partial charge in [0.15, 0.2) is 0 Å². The Morgan fingerprint density at radius 2 is 1.84 bits per heavy atom. The van der Waals surface area contributed by atoms with Crippen molar-refractivity contribution in [1.82, 2.24) is 10.6 Å². The summed E-state index contributed by atoms with van der Waals surface area (Å²) in [6.07, 6.45) is 5.31. The second kappa shape index (κ2) is 7.59. The van der Waals surface area contributed by atoms with Gasteiger partial charge in [-0.15, -0.1) is 0 Å². The van der Waals surface area contributed by atoms with E-state index in [1.807, 2.05) is 12.1 Å². The Kier molecular flexibility index (Phi) is 5.04. The predicted molar refractivity (Wildman–Crippen MR) is 102 cm³/mol. The largest absolute Gasteiger partial charge is 0.496 e. The quantitative estimate of drug-likeness (QED) is 0.864. The number of para-hydroxylation sites is 1. The van der Waals surface area contributed by atoms with Crippen molar-refractivity contribution in [2.45, 2.75) is 50.4 Å². The Hall–Kier alpha value is -1.84. The first-order chi connectivity index (χ1) is 12.3. The lowest BCUT2D eigenvalue weighted by Gasteiger charge is -2.41. The molecule has 25 heavy (non-hydrogen) atoms. The van der Waals surface area contributed by atoms with Crippen molar-refractivity contribution in [2.75, 3.05) is 7.11 Å². The summed E-state index contributed by atoms with van der Waals surface area (Å²) < 4.78 is 5.51. The van der Waals surface area contributed by atoms with Gasteiger partial charge in [-0.1, -0.05) is 55.0 Å². The van der Waals surface area contributed by atoms with Crippen LogP contribution in [0.1, 0.15) is 42.9 Å². The zero-order chi connectivity index (χ0) is 17.1. The van der Waals surface area contributed by atoms with Crippen molar-refractivity contribution in [3.63, 3.8) is 0 Å². The first kappa shape index (κ1) is 16.6. The SMILES string of the molecule is COc1ccccc1CNC1CC2CCCC2NC1c1ccccc1. The van der Waals surface area contributed by atoms with Gasteiger partial charge in [0.1, 0.15) is 5.75 Å². The summed E-state index contributed by atoms with van der Waals surface area (Å²) in [7, 11) is 1.75. The Bertz CT molecular complexity index is 687. The van der Waals surface area contributed by atoms with Gasteiger partial charge < -0.3 is 15.4 Å². The molecule has 1 heterocycles. The fourth-order valence-electron chi connectivity index (χ4n) is 4.63. The minimum Gasteiger partial charge on any atom is -0.496 e. The molecule has 3 heteroatoms. The molecule has 2 N–H and O–H groups in total. The van der Waals surface area contributed by atoms with E-state index < -0.39 is 0 Å². The third-order valence-electron chi connectivity index (χ3n) is 5.92. The van der Waals surface area contributed by atoms with E-state index in [0.29, 0.717) is 18.1 Å². The van der Waals surface area contributed by atoms with E-state index in [2.05, 4.69) is 53.1 Å². The normalized spacial score (nSPS) is 28.5. The fraction of sp³-hybridized carbons (Fsp3) is 0.455. The average molecular weight is 336 g/mol. The molecule has 1 aliphatic heterocycles. The first-order valence-electron chi connectivity index (χ1n) is 9.51. The van der Waals surface area contributed by atoms with Crippen LogP contribution in [0.5, 0.6) is 5.75 Å². The summed E-state index contributed by atoms with van der Waals surface area (Å²) in [5.41, 5.74) is 2.62. The highest BCUT2D eigenvalue weighted by Gasteiger charge is 2.39. The van der Waals surface area contributed by atoms with E-state index in [0.717, 1.165) is 18.2 Å². The summed E-state index contributed by atoms with van der Waals surface area (Å²) in [6.45, 7) is 0.844. The number of piperidine rings is 1. The van der Waals surface area contributed by atoms with Crippen LogP contribution in [-0.4, -0.2) is 19.2 Å². The maximum absolute atomic E-state index is 5.51. The van der Waals surface area contributed by atoms with Crippen LogP contribution in [0, 0.1) is 5.92 Å². The lowest BCUT2D eigenvalue weighted by molar-refractivity contribution is 0.201. The monoisotopic (exact) mass is 336 g/mol. The van der Waals surface area contributed by atoms with Gasteiger partial charge >= 0.3 is 0 Å². The summed E-state index contributed by atoms with van der Waals surface area (Å²) in [5, 5.41) is 7.78. The second-order valence-corrected chi connectivity index (χ2v) is 7.39. The van der Waals surface area contributed by atoms with Crippen LogP contribution < -0.4 is 15.4 Å². The molecule has 1 saturated heterocycles. The van der Waals surface area contributed by atoms with Crippen LogP contribution in [-0.2, 0) is 6.54 Å². The standard InChI is InChI=1S/C22H28N2O/c1-25-21-13-6-5-10-18(21)15-23-20-14-17-11-7-12-19(17)24-22(20)16-8-3-2-4-9-16/h2-6,8-10,13,17,19-20,22-24H,7,11-12,14-15H2,1H3. The van der Waals surface area contributed by atoms with Crippen LogP contribution >= 0.6 is 0 Å². The number of rotatable bonds is 5. The molecule has 1 aliphatic carbocycles. The van der Waals surface area contributed by atoms with Gasteiger partial charge in [-0.05, 0) is 36.8 Å². The molecule has 0 spiro atoms. The van der Waals surface area contributed by atoms with Crippen molar-refractivity contribution >= 4 is 0 Å². The van der Waals surface area contributed by atoms with Crippen LogP contribution in [0.3, 0.4) is 0 Å². The molecule has 0 radical (unpaired) electrons. The maximum Gasteiger partial charge on any atom is 0.123 e. The van der Waals surface area contributed by atoms with Gasteiger partial charge in [-0.2, -0.15) is 0 Å². The number of methoxy groups -OCH3 is 1. The molecule has 0 bridgehead atoms. The minimum absolute atomic E-state index is 0.384. The van der Waals surface area contributed by atoms with E-state index >= 15 is 0 Å². The van der Waals surface area contributed by atoms with Crippen molar-refractivity contribution in [2.24, 2.45) is 5.92 Å². The number of fused-ring (bicyclic) bond motifs is 1. The molecule has 4 rings (SSSR count). The van der Waals surface area contributed by atoms with Gasteiger partial charge in [0.25, 0.3) is 0 Å². The molecule has 1 saturated carbocycles. The Labute approximate surface area is 150 Å². The van der Waals surface area contributed by atoms with Crippen LogP contribution in [0.25, 0.3) is 0 Å². The number of ether oxygens (including phenoxy) is 1. The van der Waals surface area contributed by atoms with Crippen molar-refractivity contribution in [3.05, 3.63) is 65.7 Å². The molecular formula is C22H28N2O. The van der Waals surface area contributed by atoms with Gasteiger partial charge in [-0.3, -0.25) is 0 Å². The van der Waals surface area contributed by atoms with Gasteiger partial charge in [-0.25, -0.2) is 0 Å². The van der Waals surface area contributed by atoms with E-state index in [9.17, 15) is 0 Å². The van der Waals surface area contributed by atoms with Gasteiger partial charge in [0.2, 0.25) is 0 Å². The highest BCUT2D eigenvalue weighted by molar-refractivity contribution is 5.33. The van der Waals surface area contributed by atoms with E-state index in [4.69, 9.17) is 4.74 Å². The number of hydrogen-bond donors (Lipinski definition) is 2. The zero-order valence-electron chi connectivity index (χ0n) is 14.9. The highest BCUT2D eigenvalue weighted by Crippen LogP contribution is 2.38. The summed E-state index contributed by atoms with van der Waals surface area (Å²) >= 11 is 0. The number of hydrogen-bond acceptors (Lipinski definition) is 3. The third kappa shape index (κ3) is 3.58. The lowest BCUT2D eigenvalue weighted by Crippen LogP contribution is -2.52. The Balaban J connectivity index is 1.52. The topological polar surface area (TPSA) is 33.3 Å². The smallest absolute Gasteiger partial charge is 0.123 e. The maximum atomic E-state index is 5.51. The summed E-state index contributed by atoms with van der Waals surface area (Å²) in [4.78, 5) is 0. The average Bonchev–Trinajstić information content (AvgIpc) is 3.14. The Morgan fingerprint density at radius 1 is 1.04 bits per heavy atom. The lowest BCUT2D eigenvalue weighted by atomic mass is 9.83. The zero-order valence-corrected chi connectivity index (χ0v) is 14.9. The third-order valence-corrected chi connectivity index (χ3v) is 5.92. The molecule has 4 unspecified atom stereocenters. The molecule has 2 aromatic carbocycles. The van der Waals surface area contributed by atoms with E-state index in [1.165, 1.54) is 36.8 Å². The molecule has 0 aromatic heterocycles. The Morgan fingerprint density at radius 3 is 2.68 bits per heavy atom. The highest BCUT2D eigenvalue weighted by atomic mass is 16.5. The molecule has 3 nitrogen and oxygen atoms in total. The molecule has 2 fully saturated rings. The first-order valence-corrected chi connectivity index (χ1v) is 9.51. The van der Waals surface area contributed by atoms with Crippen LogP contribution in [0.4, 0.5) is 0 Å². The van der Waals surface area contributed by atoms with Gasteiger partial charge in [0, 0.05) is 30.2 Å². The van der Waals surface area contributed by atoms with Crippen molar-refractivity contribution in [3.8, 4) is 5.75 Å². The van der Waals surface area contributed by atoms with Crippen LogP contribution in [0.2, 0.25) is 0 Å². The second-order valence-electron chi connectivity index (χ2n) is 7.39. The molecule has 2 aromatic rings. The number of benzene rings is 2. The van der Waals surface area contributed by atoms with Crippen molar-refractivity contribution in [1.29, 1.82) is 0 Å².